The number of benzene rings is 2. The van der Waals surface area contributed by atoms with Gasteiger partial charge in [0.25, 0.3) is 0 Å². The van der Waals surface area contributed by atoms with E-state index in [2.05, 4.69) is 27.1 Å². The van der Waals surface area contributed by atoms with Crippen molar-refractivity contribution in [3.63, 3.8) is 0 Å². The van der Waals surface area contributed by atoms with Crippen LogP contribution in [0.4, 0.5) is 0 Å². The van der Waals surface area contributed by atoms with E-state index >= 15 is 0 Å². The standard InChI is InChI=1S/C28H37N5O3/c1-21(24-5-3-4-6-25(24)34)19-26(28(29)30-2)36-18-12-22-7-9-23(10-8-22)20-32-27(35)11-15-33-16-13-31-14-17-33/h3-10,19,31,34H,1,11-18,20H2,2H3,(H2,29,30)(H,32,35)/b26-19+. The van der Waals surface area contributed by atoms with Crippen LogP contribution in [0.15, 0.2) is 71.9 Å². The van der Waals surface area contributed by atoms with Crippen LogP contribution < -0.4 is 16.4 Å². The van der Waals surface area contributed by atoms with Crippen LogP contribution in [0.1, 0.15) is 23.1 Å². The van der Waals surface area contributed by atoms with Crippen LogP contribution in [0.5, 0.6) is 5.75 Å². The SMILES string of the molecule is C=C(/C=C(/OCCc1ccc(CNC(=O)CCN2CCNCC2)cc1)C(N)=NC)c1ccccc1O. The predicted molar refractivity (Wildman–Crippen MR) is 145 cm³/mol. The van der Waals surface area contributed by atoms with Gasteiger partial charge in [0.15, 0.2) is 11.6 Å². The van der Waals surface area contributed by atoms with Gasteiger partial charge in [-0.05, 0) is 28.8 Å². The van der Waals surface area contributed by atoms with Crippen LogP contribution in [0, 0.1) is 0 Å². The lowest BCUT2D eigenvalue weighted by Crippen LogP contribution is -2.44. The zero-order valence-electron chi connectivity index (χ0n) is 21.0. The molecule has 1 aliphatic heterocycles. The summed E-state index contributed by atoms with van der Waals surface area (Å²) in [6.07, 6.45) is 2.88. The van der Waals surface area contributed by atoms with Gasteiger partial charge < -0.3 is 31.1 Å². The van der Waals surface area contributed by atoms with E-state index < -0.39 is 0 Å². The number of rotatable bonds is 12. The minimum Gasteiger partial charge on any atom is -0.507 e. The summed E-state index contributed by atoms with van der Waals surface area (Å²) < 4.78 is 5.91. The molecule has 0 saturated carbocycles. The quantitative estimate of drug-likeness (QED) is 0.157. The summed E-state index contributed by atoms with van der Waals surface area (Å²) in [5, 5.41) is 16.4. The third kappa shape index (κ3) is 8.55. The van der Waals surface area contributed by atoms with E-state index in [0.29, 0.717) is 42.9 Å². The third-order valence-electron chi connectivity index (χ3n) is 6.07. The summed E-state index contributed by atoms with van der Waals surface area (Å²) in [6.45, 7) is 9.72. The van der Waals surface area contributed by atoms with Crippen LogP contribution in [-0.2, 0) is 22.5 Å². The maximum absolute atomic E-state index is 12.2. The van der Waals surface area contributed by atoms with Crippen molar-refractivity contribution >= 4 is 17.3 Å². The molecule has 5 N–H and O–H groups in total. The molecule has 0 spiro atoms. The first kappa shape index (κ1) is 27.0. The van der Waals surface area contributed by atoms with E-state index in [9.17, 15) is 9.90 Å². The number of nitrogens with one attached hydrogen (secondary N) is 2. The molecule has 1 saturated heterocycles. The summed E-state index contributed by atoms with van der Waals surface area (Å²) in [5.41, 5.74) is 9.36. The number of hydrogen-bond acceptors (Lipinski definition) is 6. The molecule has 3 rings (SSSR count). The Hall–Kier alpha value is -3.62. The fraction of sp³-hybridized carbons (Fsp3) is 0.357. The number of hydrogen-bond donors (Lipinski definition) is 4. The number of allylic oxidation sites excluding steroid dienone is 2. The first-order valence-electron chi connectivity index (χ1n) is 12.3. The highest BCUT2D eigenvalue weighted by molar-refractivity contribution is 5.97. The van der Waals surface area contributed by atoms with Crippen LogP contribution >= 0.6 is 0 Å². The molecule has 2 aromatic carbocycles. The molecule has 1 heterocycles. The Bertz CT molecular complexity index is 1070. The van der Waals surface area contributed by atoms with Crippen molar-refractivity contribution in [2.45, 2.75) is 19.4 Å². The number of carbonyl (C=O) groups excluding carboxylic acids is 1. The Balaban J connectivity index is 1.45. The lowest BCUT2D eigenvalue weighted by Gasteiger charge is -2.26. The molecular weight excluding hydrogens is 454 g/mol. The van der Waals surface area contributed by atoms with Gasteiger partial charge >= 0.3 is 0 Å². The largest absolute Gasteiger partial charge is 0.507 e. The Morgan fingerprint density at radius 1 is 1.19 bits per heavy atom. The summed E-state index contributed by atoms with van der Waals surface area (Å²) >= 11 is 0. The van der Waals surface area contributed by atoms with Gasteiger partial charge in [-0.25, -0.2) is 0 Å². The molecule has 8 nitrogen and oxygen atoms in total. The van der Waals surface area contributed by atoms with Gasteiger partial charge in [0, 0.05) is 64.7 Å². The normalized spacial score (nSPS) is 14.9. The first-order chi connectivity index (χ1) is 17.5. The molecule has 0 aromatic heterocycles. The van der Waals surface area contributed by atoms with Crippen LogP contribution in [0.2, 0.25) is 0 Å². The molecule has 1 fully saturated rings. The Kier molecular flexibility index (Phi) is 10.5. The summed E-state index contributed by atoms with van der Waals surface area (Å²) in [6, 6.07) is 15.1. The van der Waals surface area contributed by atoms with Gasteiger partial charge in [0.1, 0.15) is 5.75 Å². The van der Waals surface area contributed by atoms with Gasteiger partial charge in [-0.1, -0.05) is 49.0 Å². The fourth-order valence-electron chi connectivity index (χ4n) is 3.87. The van der Waals surface area contributed by atoms with E-state index in [4.69, 9.17) is 10.5 Å². The fourth-order valence-corrected chi connectivity index (χ4v) is 3.87. The molecule has 0 radical (unpaired) electrons. The third-order valence-corrected chi connectivity index (χ3v) is 6.07. The van der Waals surface area contributed by atoms with E-state index in [0.717, 1.165) is 43.9 Å². The van der Waals surface area contributed by atoms with Crippen LogP contribution in [0.3, 0.4) is 0 Å². The monoisotopic (exact) mass is 491 g/mol. The topological polar surface area (TPSA) is 112 Å². The molecule has 0 unspecified atom stereocenters. The molecule has 1 aliphatic rings. The molecule has 192 valence electrons. The molecule has 1 amide bonds. The molecule has 36 heavy (non-hydrogen) atoms. The van der Waals surface area contributed by atoms with Gasteiger partial charge in [-0.2, -0.15) is 0 Å². The Morgan fingerprint density at radius 2 is 1.89 bits per heavy atom. The molecule has 0 bridgehead atoms. The van der Waals surface area contributed by atoms with Gasteiger partial charge in [0.05, 0.1) is 6.61 Å². The number of phenolic OH excluding ortho intramolecular Hbond substituents is 1. The van der Waals surface area contributed by atoms with Crippen molar-refractivity contribution in [1.82, 2.24) is 15.5 Å². The maximum Gasteiger partial charge on any atom is 0.221 e. The summed E-state index contributed by atoms with van der Waals surface area (Å²) in [4.78, 5) is 18.5. The number of aromatic hydroxyl groups is 1. The van der Waals surface area contributed by atoms with Crippen molar-refractivity contribution in [3.8, 4) is 5.75 Å². The second-order valence-electron chi connectivity index (χ2n) is 8.69. The van der Waals surface area contributed by atoms with Gasteiger partial charge in [-0.3, -0.25) is 9.79 Å². The number of phenols is 1. The molecular formula is C28H37N5O3. The highest BCUT2D eigenvalue weighted by Gasteiger charge is 2.11. The summed E-state index contributed by atoms with van der Waals surface area (Å²) in [5.74, 6) is 0.882. The number of ether oxygens (including phenoxy) is 1. The maximum atomic E-state index is 12.2. The van der Waals surface area contributed by atoms with E-state index in [1.165, 1.54) is 0 Å². The van der Waals surface area contributed by atoms with Crippen LogP contribution in [0.25, 0.3) is 5.57 Å². The number of nitrogens with zero attached hydrogens (tertiary/aromatic N) is 2. The average molecular weight is 492 g/mol. The minimum absolute atomic E-state index is 0.0749. The Labute approximate surface area is 213 Å². The van der Waals surface area contributed by atoms with E-state index in [-0.39, 0.29) is 17.5 Å². The van der Waals surface area contributed by atoms with Crippen molar-refractivity contribution in [2.24, 2.45) is 10.7 Å². The average Bonchev–Trinajstić information content (AvgIpc) is 2.91. The number of carbonyl (C=O) groups is 1. The molecule has 2 aromatic rings. The Morgan fingerprint density at radius 3 is 2.58 bits per heavy atom. The second kappa shape index (κ2) is 14.1. The van der Waals surface area contributed by atoms with Crippen molar-refractivity contribution in [2.75, 3.05) is 46.4 Å². The number of piperazine rings is 1. The van der Waals surface area contributed by atoms with Crippen molar-refractivity contribution < 1.29 is 14.6 Å². The molecule has 0 aliphatic carbocycles. The lowest BCUT2D eigenvalue weighted by atomic mass is 10.1. The first-order valence-corrected chi connectivity index (χ1v) is 12.3. The van der Waals surface area contributed by atoms with Gasteiger partial charge in [0.2, 0.25) is 5.91 Å². The minimum atomic E-state index is 0.0749. The zero-order chi connectivity index (χ0) is 25.8. The van der Waals surface area contributed by atoms with E-state index in [1.807, 2.05) is 30.3 Å². The lowest BCUT2D eigenvalue weighted by molar-refractivity contribution is -0.121. The van der Waals surface area contributed by atoms with Crippen molar-refractivity contribution in [1.29, 1.82) is 0 Å². The highest BCUT2D eigenvalue weighted by Crippen LogP contribution is 2.25. The van der Waals surface area contributed by atoms with Gasteiger partial charge in [-0.15, -0.1) is 0 Å². The number of aliphatic imine (C=N–C) groups is 1. The zero-order valence-corrected chi connectivity index (χ0v) is 21.0. The number of nitrogens with two attached hydrogens (primary N) is 1. The predicted octanol–water partition coefficient (Wildman–Crippen LogP) is 2.45. The molecule has 0 atom stereocenters. The summed E-state index contributed by atoms with van der Waals surface area (Å²) in [7, 11) is 1.60. The highest BCUT2D eigenvalue weighted by atomic mass is 16.5. The number of para-hydroxylation sites is 1. The smallest absolute Gasteiger partial charge is 0.221 e. The molecule has 8 heteroatoms. The number of amides is 1. The van der Waals surface area contributed by atoms with Crippen LogP contribution in [-0.4, -0.2) is 68.1 Å². The van der Waals surface area contributed by atoms with E-state index in [1.54, 1.807) is 31.3 Å². The second-order valence-corrected chi connectivity index (χ2v) is 8.69. The van der Waals surface area contributed by atoms with Crippen molar-refractivity contribution in [3.05, 3.63) is 83.6 Å². The number of amidine groups is 1.